The minimum absolute atomic E-state index is 0.165. The number of carboxylic acids is 1. The van der Waals surface area contributed by atoms with Crippen LogP contribution in [0, 0.1) is 0 Å². The van der Waals surface area contributed by atoms with Crippen molar-refractivity contribution in [1.82, 2.24) is 14.5 Å². The first-order valence-corrected chi connectivity index (χ1v) is 6.09. The van der Waals surface area contributed by atoms with Crippen LogP contribution in [0.5, 0.6) is 0 Å². The fourth-order valence-corrected chi connectivity index (χ4v) is 2.43. The van der Waals surface area contributed by atoms with Crippen LogP contribution < -0.4 is 0 Å². The molecule has 5 heteroatoms. The first-order chi connectivity index (χ1) is 8.16. The Kier molecular flexibility index (Phi) is 3.78. The molecule has 0 amide bonds. The summed E-state index contributed by atoms with van der Waals surface area (Å²) in [6, 6.07) is 0.165. The molecule has 94 valence electrons. The Labute approximate surface area is 101 Å². The maximum Gasteiger partial charge on any atom is 0.304 e. The Morgan fingerprint density at radius 3 is 3.06 bits per heavy atom. The van der Waals surface area contributed by atoms with Crippen molar-refractivity contribution in [2.75, 3.05) is 6.54 Å². The molecule has 1 aromatic heterocycles. The SMILES string of the molecule is Cn1ccnc1CN1CCCCC1CC(=O)O. The van der Waals surface area contributed by atoms with Crippen LogP contribution in [0.15, 0.2) is 12.4 Å². The number of aromatic nitrogens is 2. The Hall–Kier alpha value is -1.36. The van der Waals surface area contributed by atoms with Crippen LogP contribution in [0.25, 0.3) is 0 Å². The van der Waals surface area contributed by atoms with Gasteiger partial charge in [0.1, 0.15) is 5.82 Å². The summed E-state index contributed by atoms with van der Waals surface area (Å²) in [5, 5.41) is 8.92. The molecular weight excluding hydrogens is 218 g/mol. The maximum absolute atomic E-state index is 10.8. The van der Waals surface area contributed by atoms with Crippen molar-refractivity contribution >= 4 is 5.97 Å². The van der Waals surface area contributed by atoms with Crippen molar-refractivity contribution in [3.63, 3.8) is 0 Å². The molecule has 0 radical (unpaired) electrons. The first kappa shape index (κ1) is 12.1. The number of aryl methyl sites for hydroxylation is 1. The molecule has 1 aromatic rings. The molecular formula is C12H19N3O2. The molecule has 0 aromatic carbocycles. The number of carbonyl (C=O) groups is 1. The van der Waals surface area contributed by atoms with E-state index in [4.69, 9.17) is 5.11 Å². The lowest BCUT2D eigenvalue weighted by atomic mass is 9.99. The molecule has 1 aliphatic heterocycles. The van der Waals surface area contributed by atoms with Crippen molar-refractivity contribution in [3.05, 3.63) is 18.2 Å². The number of carboxylic acid groups (broad SMARTS) is 1. The van der Waals surface area contributed by atoms with Gasteiger partial charge in [0, 0.05) is 25.5 Å². The van der Waals surface area contributed by atoms with Crippen LogP contribution in [0.4, 0.5) is 0 Å². The minimum atomic E-state index is -0.707. The third-order valence-corrected chi connectivity index (χ3v) is 3.42. The summed E-state index contributed by atoms with van der Waals surface area (Å²) >= 11 is 0. The van der Waals surface area contributed by atoms with Gasteiger partial charge in [0.05, 0.1) is 13.0 Å². The molecule has 1 saturated heterocycles. The smallest absolute Gasteiger partial charge is 0.304 e. The highest BCUT2D eigenvalue weighted by atomic mass is 16.4. The molecule has 0 saturated carbocycles. The Morgan fingerprint density at radius 2 is 2.41 bits per heavy atom. The summed E-state index contributed by atoms with van der Waals surface area (Å²) in [6.45, 7) is 1.73. The lowest BCUT2D eigenvalue weighted by molar-refractivity contribution is -0.138. The molecule has 0 spiro atoms. The summed E-state index contributed by atoms with van der Waals surface area (Å²) in [6.07, 6.45) is 7.22. The van der Waals surface area contributed by atoms with Gasteiger partial charge >= 0.3 is 5.97 Å². The molecule has 17 heavy (non-hydrogen) atoms. The second-order valence-corrected chi connectivity index (χ2v) is 4.67. The van der Waals surface area contributed by atoms with E-state index in [-0.39, 0.29) is 12.5 Å². The second-order valence-electron chi connectivity index (χ2n) is 4.67. The van der Waals surface area contributed by atoms with Gasteiger partial charge in [-0.25, -0.2) is 4.98 Å². The summed E-state index contributed by atoms with van der Waals surface area (Å²) in [5.74, 6) is 0.295. The average molecular weight is 237 g/mol. The van der Waals surface area contributed by atoms with Crippen molar-refractivity contribution in [1.29, 1.82) is 0 Å². The molecule has 1 unspecified atom stereocenters. The van der Waals surface area contributed by atoms with E-state index >= 15 is 0 Å². The summed E-state index contributed by atoms with van der Waals surface area (Å²) in [4.78, 5) is 17.4. The number of nitrogens with zero attached hydrogens (tertiary/aromatic N) is 3. The standard InChI is InChI=1S/C12H19N3O2/c1-14-7-5-13-11(14)9-15-6-3-2-4-10(15)8-12(16)17/h5,7,10H,2-4,6,8-9H2,1H3,(H,16,17). The normalized spacial score (nSPS) is 21.6. The fraction of sp³-hybridized carbons (Fsp3) is 0.667. The van der Waals surface area contributed by atoms with Crippen LogP contribution >= 0.6 is 0 Å². The molecule has 5 nitrogen and oxygen atoms in total. The van der Waals surface area contributed by atoms with Gasteiger partial charge in [-0.05, 0) is 19.4 Å². The highest BCUT2D eigenvalue weighted by Crippen LogP contribution is 2.21. The van der Waals surface area contributed by atoms with E-state index in [1.54, 1.807) is 6.20 Å². The van der Waals surface area contributed by atoms with E-state index < -0.39 is 5.97 Å². The number of piperidine rings is 1. The topological polar surface area (TPSA) is 58.4 Å². The molecule has 1 N–H and O–H groups in total. The number of imidazole rings is 1. The summed E-state index contributed by atoms with van der Waals surface area (Å²) < 4.78 is 1.99. The van der Waals surface area contributed by atoms with Gasteiger partial charge in [-0.15, -0.1) is 0 Å². The second kappa shape index (κ2) is 5.31. The van der Waals surface area contributed by atoms with Gasteiger partial charge < -0.3 is 9.67 Å². The Bertz CT molecular complexity index is 389. The number of hydrogen-bond acceptors (Lipinski definition) is 3. The largest absolute Gasteiger partial charge is 0.481 e. The monoisotopic (exact) mass is 237 g/mol. The van der Waals surface area contributed by atoms with E-state index in [9.17, 15) is 4.79 Å². The first-order valence-electron chi connectivity index (χ1n) is 6.09. The fourth-order valence-electron chi connectivity index (χ4n) is 2.43. The molecule has 0 bridgehead atoms. The van der Waals surface area contributed by atoms with E-state index in [2.05, 4.69) is 9.88 Å². The van der Waals surface area contributed by atoms with Gasteiger partial charge in [0.2, 0.25) is 0 Å². The third kappa shape index (κ3) is 3.06. The van der Waals surface area contributed by atoms with Crippen LogP contribution in [0.3, 0.4) is 0 Å². The average Bonchev–Trinajstić information content (AvgIpc) is 2.67. The van der Waals surface area contributed by atoms with E-state index in [0.29, 0.717) is 0 Å². The molecule has 2 rings (SSSR count). The van der Waals surface area contributed by atoms with Crippen LogP contribution in [0.1, 0.15) is 31.5 Å². The summed E-state index contributed by atoms with van der Waals surface area (Å²) in [5.41, 5.74) is 0. The summed E-state index contributed by atoms with van der Waals surface area (Å²) in [7, 11) is 1.97. The van der Waals surface area contributed by atoms with E-state index in [1.165, 1.54) is 0 Å². The Balaban J connectivity index is 2.01. The number of hydrogen-bond donors (Lipinski definition) is 1. The quantitative estimate of drug-likeness (QED) is 0.856. The van der Waals surface area contributed by atoms with Gasteiger partial charge in [0.15, 0.2) is 0 Å². The lowest BCUT2D eigenvalue weighted by Gasteiger charge is -2.34. The van der Waals surface area contributed by atoms with E-state index in [1.807, 2.05) is 17.8 Å². The van der Waals surface area contributed by atoms with Crippen LogP contribution in [-0.4, -0.2) is 38.1 Å². The van der Waals surface area contributed by atoms with Crippen molar-refractivity contribution in [2.24, 2.45) is 7.05 Å². The van der Waals surface area contributed by atoms with Gasteiger partial charge in [-0.3, -0.25) is 9.69 Å². The van der Waals surface area contributed by atoms with Crippen molar-refractivity contribution in [3.8, 4) is 0 Å². The van der Waals surface area contributed by atoms with Gasteiger partial charge in [0.25, 0.3) is 0 Å². The molecule has 2 heterocycles. The van der Waals surface area contributed by atoms with Crippen LogP contribution in [0.2, 0.25) is 0 Å². The van der Waals surface area contributed by atoms with Crippen LogP contribution in [-0.2, 0) is 18.4 Å². The molecule has 0 aliphatic carbocycles. The molecule has 1 atom stereocenters. The zero-order valence-electron chi connectivity index (χ0n) is 10.2. The lowest BCUT2D eigenvalue weighted by Crippen LogP contribution is -2.40. The molecule has 1 fully saturated rings. The zero-order chi connectivity index (χ0) is 12.3. The highest BCUT2D eigenvalue weighted by molar-refractivity contribution is 5.67. The zero-order valence-corrected chi connectivity index (χ0v) is 10.2. The predicted molar refractivity (Wildman–Crippen MR) is 63.5 cm³/mol. The van der Waals surface area contributed by atoms with Crippen molar-refractivity contribution < 1.29 is 9.90 Å². The van der Waals surface area contributed by atoms with Gasteiger partial charge in [-0.2, -0.15) is 0 Å². The van der Waals surface area contributed by atoms with E-state index in [0.717, 1.165) is 38.2 Å². The number of rotatable bonds is 4. The Morgan fingerprint density at radius 1 is 1.59 bits per heavy atom. The third-order valence-electron chi connectivity index (χ3n) is 3.42. The number of aliphatic carboxylic acids is 1. The number of likely N-dealkylation sites (tertiary alicyclic amines) is 1. The minimum Gasteiger partial charge on any atom is -0.481 e. The van der Waals surface area contributed by atoms with Gasteiger partial charge in [-0.1, -0.05) is 6.42 Å². The highest BCUT2D eigenvalue weighted by Gasteiger charge is 2.25. The molecule has 1 aliphatic rings. The maximum atomic E-state index is 10.8. The predicted octanol–water partition coefficient (Wildman–Crippen LogP) is 1.25. The van der Waals surface area contributed by atoms with Crippen molar-refractivity contribution in [2.45, 2.75) is 38.3 Å².